The quantitative estimate of drug-likeness (QED) is 0.853. The molecule has 0 radical (unpaired) electrons. The van der Waals surface area contributed by atoms with E-state index in [9.17, 15) is 4.79 Å². The second kappa shape index (κ2) is 6.79. The Morgan fingerprint density at radius 3 is 2.74 bits per heavy atom. The number of benzene rings is 1. The van der Waals surface area contributed by atoms with Gasteiger partial charge in [0.25, 0.3) is 0 Å². The lowest BCUT2D eigenvalue weighted by atomic mass is 9.88. The summed E-state index contributed by atoms with van der Waals surface area (Å²) in [7, 11) is 1.63. The zero-order chi connectivity index (χ0) is 14.3. The molecule has 1 N–H and O–H groups in total. The van der Waals surface area contributed by atoms with Gasteiger partial charge >= 0.3 is 0 Å². The van der Waals surface area contributed by atoms with Gasteiger partial charge in [-0.3, -0.25) is 4.79 Å². The van der Waals surface area contributed by atoms with E-state index < -0.39 is 5.41 Å². The van der Waals surface area contributed by atoms with Gasteiger partial charge in [0.15, 0.2) is 0 Å². The van der Waals surface area contributed by atoms with E-state index in [1.165, 1.54) is 0 Å². The van der Waals surface area contributed by atoms with Crippen LogP contribution in [0, 0.1) is 16.7 Å². The molecule has 1 unspecified atom stereocenters. The number of nitrogens with zero attached hydrogens (tertiary/aromatic N) is 1. The lowest BCUT2D eigenvalue weighted by Crippen LogP contribution is -2.38. The zero-order valence-electron chi connectivity index (χ0n) is 11.7. The third-order valence-electron chi connectivity index (χ3n) is 3.33. The molecule has 0 heterocycles. The van der Waals surface area contributed by atoms with Crippen molar-refractivity contribution in [2.24, 2.45) is 5.41 Å². The van der Waals surface area contributed by atoms with E-state index in [-0.39, 0.29) is 5.91 Å². The van der Waals surface area contributed by atoms with E-state index in [1.54, 1.807) is 14.0 Å². The summed E-state index contributed by atoms with van der Waals surface area (Å²) >= 11 is 0. The SMILES string of the molecule is CCC(C)(C#N)C(=O)NCCc1ccccc1OC. The van der Waals surface area contributed by atoms with Crippen molar-refractivity contribution >= 4 is 5.91 Å². The summed E-state index contributed by atoms with van der Waals surface area (Å²) in [5.74, 6) is 0.600. The second-order valence-electron chi connectivity index (χ2n) is 4.62. The summed E-state index contributed by atoms with van der Waals surface area (Å²) in [5.41, 5.74) is 0.0984. The van der Waals surface area contributed by atoms with E-state index in [0.29, 0.717) is 19.4 Å². The Labute approximate surface area is 114 Å². The summed E-state index contributed by atoms with van der Waals surface area (Å²) in [6.45, 7) is 3.99. The molecular weight excluding hydrogens is 240 g/mol. The van der Waals surface area contributed by atoms with Crippen LogP contribution < -0.4 is 10.1 Å². The Hall–Kier alpha value is -2.02. The number of carbonyl (C=O) groups excluding carboxylic acids is 1. The van der Waals surface area contributed by atoms with Crippen LogP contribution in [-0.4, -0.2) is 19.6 Å². The molecule has 0 aliphatic heterocycles. The number of methoxy groups -OCH3 is 1. The minimum Gasteiger partial charge on any atom is -0.496 e. The van der Waals surface area contributed by atoms with Crippen LogP contribution in [0.3, 0.4) is 0 Å². The minimum absolute atomic E-state index is 0.215. The number of para-hydroxylation sites is 1. The number of nitriles is 1. The van der Waals surface area contributed by atoms with Crippen molar-refractivity contribution in [3.8, 4) is 11.8 Å². The molecule has 1 atom stereocenters. The molecule has 4 nitrogen and oxygen atoms in total. The van der Waals surface area contributed by atoms with Crippen molar-refractivity contribution in [2.75, 3.05) is 13.7 Å². The van der Waals surface area contributed by atoms with E-state index in [4.69, 9.17) is 10.00 Å². The molecule has 102 valence electrons. The first kappa shape index (κ1) is 15.0. The first-order chi connectivity index (χ1) is 9.07. The molecule has 4 heteroatoms. The highest BCUT2D eigenvalue weighted by Crippen LogP contribution is 2.20. The van der Waals surface area contributed by atoms with Gasteiger partial charge in [-0.15, -0.1) is 0 Å². The van der Waals surface area contributed by atoms with Gasteiger partial charge in [-0.25, -0.2) is 0 Å². The van der Waals surface area contributed by atoms with Crippen LogP contribution in [0.25, 0.3) is 0 Å². The number of ether oxygens (including phenoxy) is 1. The second-order valence-corrected chi connectivity index (χ2v) is 4.62. The highest BCUT2D eigenvalue weighted by molar-refractivity contribution is 5.84. The molecule has 0 bridgehead atoms. The topological polar surface area (TPSA) is 62.1 Å². The van der Waals surface area contributed by atoms with Gasteiger partial charge in [-0.05, 0) is 31.4 Å². The highest BCUT2D eigenvalue weighted by Gasteiger charge is 2.30. The fourth-order valence-electron chi connectivity index (χ4n) is 1.71. The van der Waals surface area contributed by atoms with Gasteiger partial charge < -0.3 is 10.1 Å². The summed E-state index contributed by atoms with van der Waals surface area (Å²) in [5, 5.41) is 11.8. The third-order valence-corrected chi connectivity index (χ3v) is 3.33. The monoisotopic (exact) mass is 260 g/mol. The Bertz CT molecular complexity index is 479. The van der Waals surface area contributed by atoms with Gasteiger partial charge in [0, 0.05) is 6.54 Å². The Morgan fingerprint density at radius 1 is 1.47 bits per heavy atom. The number of rotatable bonds is 6. The van der Waals surface area contributed by atoms with E-state index >= 15 is 0 Å². The van der Waals surface area contributed by atoms with Crippen LogP contribution in [0.15, 0.2) is 24.3 Å². The molecule has 0 saturated carbocycles. The Morgan fingerprint density at radius 2 is 2.16 bits per heavy atom. The summed E-state index contributed by atoms with van der Waals surface area (Å²) in [6, 6.07) is 9.76. The molecule has 1 aromatic carbocycles. The fraction of sp³-hybridized carbons (Fsp3) is 0.467. The van der Waals surface area contributed by atoms with Crippen LogP contribution in [0.2, 0.25) is 0 Å². The van der Waals surface area contributed by atoms with Crippen LogP contribution in [0.5, 0.6) is 5.75 Å². The van der Waals surface area contributed by atoms with Crippen molar-refractivity contribution in [2.45, 2.75) is 26.7 Å². The third kappa shape index (κ3) is 3.72. The van der Waals surface area contributed by atoms with Crippen LogP contribution in [0.4, 0.5) is 0 Å². The van der Waals surface area contributed by atoms with Crippen molar-refractivity contribution in [3.05, 3.63) is 29.8 Å². The normalized spacial score (nSPS) is 13.2. The lowest BCUT2D eigenvalue weighted by Gasteiger charge is -2.18. The maximum atomic E-state index is 11.9. The van der Waals surface area contributed by atoms with E-state index in [1.807, 2.05) is 31.2 Å². The predicted molar refractivity (Wildman–Crippen MR) is 73.7 cm³/mol. The van der Waals surface area contributed by atoms with Crippen LogP contribution >= 0.6 is 0 Å². The van der Waals surface area contributed by atoms with Crippen LogP contribution in [-0.2, 0) is 11.2 Å². The number of nitrogens with one attached hydrogen (secondary N) is 1. The molecule has 1 aromatic rings. The van der Waals surface area contributed by atoms with E-state index in [2.05, 4.69) is 11.4 Å². The number of amides is 1. The summed E-state index contributed by atoms with van der Waals surface area (Å²) < 4.78 is 5.25. The van der Waals surface area contributed by atoms with Crippen LogP contribution in [0.1, 0.15) is 25.8 Å². The lowest BCUT2D eigenvalue weighted by molar-refractivity contribution is -0.127. The van der Waals surface area contributed by atoms with E-state index in [0.717, 1.165) is 11.3 Å². The van der Waals surface area contributed by atoms with Crippen molar-refractivity contribution in [1.82, 2.24) is 5.32 Å². The average molecular weight is 260 g/mol. The van der Waals surface area contributed by atoms with Gasteiger partial charge in [0.05, 0.1) is 13.2 Å². The van der Waals surface area contributed by atoms with Gasteiger partial charge in [-0.1, -0.05) is 25.1 Å². The molecule has 0 saturated heterocycles. The molecule has 19 heavy (non-hydrogen) atoms. The average Bonchev–Trinajstić information content (AvgIpc) is 2.46. The maximum Gasteiger partial charge on any atom is 0.240 e. The van der Waals surface area contributed by atoms with Gasteiger partial charge in [0.2, 0.25) is 5.91 Å². The molecule has 1 rings (SSSR count). The first-order valence-electron chi connectivity index (χ1n) is 6.39. The van der Waals surface area contributed by atoms with Crippen molar-refractivity contribution < 1.29 is 9.53 Å². The minimum atomic E-state index is -0.944. The summed E-state index contributed by atoms with van der Waals surface area (Å²) in [6.07, 6.45) is 1.19. The Kier molecular flexibility index (Phi) is 5.37. The van der Waals surface area contributed by atoms with Crippen molar-refractivity contribution in [1.29, 1.82) is 5.26 Å². The number of hydrogen-bond acceptors (Lipinski definition) is 3. The Balaban J connectivity index is 2.56. The summed E-state index contributed by atoms with van der Waals surface area (Å²) in [4.78, 5) is 11.9. The molecule has 0 spiro atoms. The molecule has 0 aromatic heterocycles. The van der Waals surface area contributed by atoms with Gasteiger partial charge in [-0.2, -0.15) is 5.26 Å². The van der Waals surface area contributed by atoms with Crippen molar-refractivity contribution in [3.63, 3.8) is 0 Å². The molecule has 1 amide bonds. The molecule has 0 fully saturated rings. The molecule has 0 aliphatic rings. The standard InChI is InChI=1S/C15H20N2O2/c1-4-15(2,11-16)14(18)17-10-9-12-7-5-6-8-13(12)19-3/h5-8H,4,9-10H2,1-3H3,(H,17,18). The highest BCUT2D eigenvalue weighted by atomic mass is 16.5. The fourth-order valence-corrected chi connectivity index (χ4v) is 1.71. The number of hydrogen-bond donors (Lipinski definition) is 1. The zero-order valence-corrected chi connectivity index (χ0v) is 11.7. The smallest absolute Gasteiger partial charge is 0.240 e. The largest absolute Gasteiger partial charge is 0.496 e. The number of carbonyl (C=O) groups is 1. The molecule has 0 aliphatic carbocycles. The predicted octanol–water partition coefficient (Wildman–Crippen LogP) is 2.29. The molecular formula is C15H20N2O2. The first-order valence-corrected chi connectivity index (χ1v) is 6.39. The van der Waals surface area contributed by atoms with Gasteiger partial charge in [0.1, 0.15) is 11.2 Å². The maximum absolute atomic E-state index is 11.9.